The highest BCUT2D eigenvalue weighted by Gasteiger charge is 2.19. The van der Waals surface area contributed by atoms with Crippen molar-refractivity contribution < 1.29 is 9.53 Å². The molecule has 32 heavy (non-hydrogen) atoms. The Kier molecular flexibility index (Phi) is 7.39. The predicted octanol–water partition coefficient (Wildman–Crippen LogP) is 4.07. The zero-order valence-corrected chi connectivity index (χ0v) is 19.5. The van der Waals surface area contributed by atoms with Gasteiger partial charge in [0.2, 0.25) is 0 Å². The minimum Gasteiger partial charge on any atom is -0.494 e. The fourth-order valence-corrected chi connectivity index (χ4v) is 4.86. The molecule has 168 valence electrons. The van der Waals surface area contributed by atoms with Gasteiger partial charge in [-0.3, -0.25) is 9.69 Å². The summed E-state index contributed by atoms with van der Waals surface area (Å²) in [4.78, 5) is 22.9. The number of carbonyl (C=O) groups is 1. The van der Waals surface area contributed by atoms with E-state index in [0.717, 1.165) is 54.7 Å². The lowest BCUT2D eigenvalue weighted by atomic mass is 10.2. The molecule has 1 N–H and O–H groups in total. The number of nitrogens with zero attached hydrogens (tertiary/aromatic N) is 3. The van der Waals surface area contributed by atoms with Gasteiger partial charge in [-0.2, -0.15) is 0 Å². The Labute approximate surface area is 193 Å². The molecule has 0 radical (unpaired) electrons. The first-order valence-electron chi connectivity index (χ1n) is 11.1. The summed E-state index contributed by atoms with van der Waals surface area (Å²) in [5.41, 5.74) is 3.05. The van der Waals surface area contributed by atoms with Crippen LogP contribution in [0.3, 0.4) is 0 Å². The molecule has 2 heterocycles. The summed E-state index contributed by atoms with van der Waals surface area (Å²) >= 11 is 1.44. The highest BCUT2D eigenvalue weighted by molar-refractivity contribution is 7.17. The fourth-order valence-electron chi connectivity index (χ4n) is 3.87. The number of carbonyl (C=O) groups excluding carboxylic acids is 1. The van der Waals surface area contributed by atoms with Crippen LogP contribution in [-0.2, 0) is 0 Å². The maximum atomic E-state index is 12.7. The zero-order valence-electron chi connectivity index (χ0n) is 18.7. The summed E-state index contributed by atoms with van der Waals surface area (Å²) in [6.07, 6.45) is 0. The highest BCUT2D eigenvalue weighted by atomic mass is 32.1. The van der Waals surface area contributed by atoms with Gasteiger partial charge in [-0.25, -0.2) is 4.98 Å². The molecule has 4 rings (SSSR count). The van der Waals surface area contributed by atoms with E-state index in [0.29, 0.717) is 18.0 Å². The smallest absolute Gasteiger partial charge is 0.263 e. The Morgan fingerprint density at radius 2 is 1.78 bits per heavy atom. The van der Waals surface area contributed by atoms with Crippen molar-refractivity contribution >= 4 is 22.9 Å². The van der Waals surface area contributed by atoms with E-state index in [9.17, 15) is 4.79 Å². The third kappa shape index (κ3) is 5.47. The topological polar surface area (TPSA) is 57.7 Å². The molecule has 1 aliphatic rings. The van der Waals surface area contributed by atoms with E-state index in [-0.39, 0.29) is 5.91 Å². The lowest BCUT2D eigenvalue weighted by Crippen LogP contribution is -2.48. The van der Waals surface area contributed by atoms with Gasteiger partial charge in [-0.05, 0) is 50.2 Å². The van der Waals surface area contributed by atoms with Crippen LogP contribution in [0.4, 0.5) is 5.69 Å². The number of ether oxygens (including phenoxy) is 1. The van der Waals surface area contributed by atoms with Crippen molar-refractivity contribution in [3.05, 3.63) is 65.2 Å². The number of aryl methyl sites for hydroxylation is 1. The Balaban J connectivity index is 1.26. The third-order valence-electron chi connectivity index (χ3n) is 5.62. The van der Waals surface area contributed by atoms with Crippen molar-refractivity contribution in [1.82, 2.24) is 15.2 Å². The Hall–Kier alpha value is -2.90. The number of hydrogen-bond acceptors (Lipinski definition) is 6. The molecule has 3 aromatic rings. The molecule has 6 nitrogen and oxygen atoms in total. The van der Waals surface area contributed by atoms with Crippen molar-refractivity contribution in [2.75, 3.05) is 50.8 Å². The van der Waals surface area contributed by atoms with Crippen molar-refractivity contribution in [2.24, 2.45) is 0 Å². The molecular weight excluding hydrogens is 420 g/mol. The van der Waals surface area contributed by atoms with Crippen LogP contribution in [0.1, 0.15) is 22.3 Å². The second kappa shape index (κ2) is 10.6. The van der Waals surface area contributed by atoms with E-state index >= 15 is 0 Å². The number of nitrogens with one attached hydrogen (secondary N) is 1. The van der Waals surface area contributed by atoms with Gasteiger partial charge in [0.1, 0.15) is 15.6 Å². The maximum absolute atomic E-state index is 12.7. The molecule has 0 bridgehead atoms. The quantitative estimate of drug-likeness (QED) is 0.561. The molecule has 0 aliphatic carbocycles. The SMILES string of the molecule is CCOc1ccc(-c2nc(C)c(C(=O)NCCN3CCN(c4ccccc4)CC3)s2)cc1. The number of anilines is 1. The third-order valence-corrected chi connectivity index (χ3v) is 6.83. The van der Waals surface area contributed by atoms with Crippen LogP contribution in [0.2, 0.25) is 0 Å². The second-order valence-electron chi connectivity index (χ2n) is 7.81. The Bertz CT molecular complexity index is 1010. The molecule has 1 aliphatic heterocycles. The molecule has 0 saturated carbocycles. The fraction of sp³-hybridized carbons (Fsp3) is 0.360. The minimum atomic E-state index is -0.0416. The van der Waals surface area contributed by atoms with Crippen LogP contribution < -0.4 is 15.0 Å². The molecule has 1 fully saturated rings. The largest absolute Gasteiger partial charge is 0.494 e. The molecule has 1 amide bonds. The number of para-hydroxylation sites is 1. The monoisotopic (exact) mass is 450 g/mol. The van der Waals surface area contributed by atoms with E-state index < -0.39 is 0 Å². The molecule has 1 saturated heterocycles. The zero-order chi connectivity index (χ0) is 22.3. The molecular formula is C25H30N4O2S. The standard InChI is InChI=1S/C25H30N4O2S/c1-3-31-22-11-9-20(10-12-22)25-27-19(2)23(32-25)24(30)26-13-14-28-15-17-29(18-16-28)21-7-5-4-6-8-21/h4-12H,3,13-18H2,1-2H3,(H,26,30). The first-order chi connectivity index (χ1) is 15.6. The minimum absolute atomic E-state index is 0.0416. The first kappa shape index (κ1) is 22.3. The molecule has 1 aromatic heterocycles. The summed E-state index contributed by atoms with van der Waals surface area (Å²) in [5.74, 6) is 0.798. The van der Waals surface area contributed by atoms with Gasteiger partial charge < -0.3 is 15.0 Å². The van der Waals surface area contributed by atoms with Gasteiger partial charge in [0.15, 0.2) is 0 Å². The van der Waals surface area contributed by atoms with Crippen molar-refractivity contribution in [2.45, 2.75) is 13.8 Å². The van der Waals surface area contributed by atoms with E-state index in [1.165, 1.54) is 17.0 Å². The summed E-state index contributed by atoms with van der Waals surface area (Å²) in [6.45, 7) is 10.0. The Morgan fingerprint density at radius 1 is 1.06 bits per heavy atom. The van der Waals surface area contributed by atoms with E-state index in [1.807, 2.05) is 44.2 Å². The molecule has 0 spiro atoms. The van der Waals surface area contributed by atoms with Gasteiger partial charge in [0.05, 0.1) is 12.3 Å². The van der Waals surface area contributed by atoms with Crippen LogP contribution in [0.5, 0.6) is 5.75 Å². The number of thiazole rings is 1. The number of benzene rings is 2. The molecule has 2 aromatic carbocycles. The first-order valence-corrected chi connectivity index (χ1v) is 12.0. The van der Waals surface area contributed by atoms with Crippen LogP contribution in [0, 0.1) is 6.92 Å². The van der Waals surface area contributed by atoms with E-state index in [1.54, 1.807) is 0 Å². The van der Waals surface area contributed by atoms with Crippen LogP contribution in [0.15, 0.2) is 54.6 Å². The number of amides is 1. The van der Waals surface area contributed by atoms with Gasteiger partial charge >= 0.3 is 0 Å². The van der Waals surface area contributed by atoms with Gasteiger partial charge in [0, 0.05) is 50.5 Å². The van der Waals surface area contributed by atoms with E-state index in [4.69, 9.17) is 4.74 Å². The molecule has 0 atom stereocenters. The lowest BCUT2D eigenvalue weighted by molar-refractivity contribution is 0.0951. The molecule has 0 unspecified atom stereocenters. The lowest BCUT2D eigenvalue weighted by Gasteiger charge is -2.36. The number of aromatic nitrogens is 1. The van der Waals surface area contributed by atoms with Crippen LogP contribution in [0.25, 0.3) is 10.6 Å². The maximum Gasteiger partial charge on any atom is 0.263 e. The second-order valence-corrected chi connectivity index (χ2v) is 8.81. The summed E-state index contributed by atoms with van der Waals surface area (Å²) in [7, 11) is 0. The van der Waals surface area contributed by atoms with E-state index in [2.05, 4.69) is 44.4 Å². The van der Waals surface area contributed by atoms with Crippen LogP contribution in [-0.4, -0.2) is 61.7 Å². The van der Waals surface area contributed by atoms with Gasteiger partial charge in [-0.1, -0.05) is 18.2 Å². The summed E-state index contributed by atoms with van der Waals surface area (Å²) in [6, 6.07) is 18.4. The highest BCUT2D eigenvalue weighted by Crippen LogP contribution is 2.29. The summed E-state index contributed by atoms with van der Waals surface area (Å²) < 4.78 is 5.50. The summed E-state index contributed by atoms with van der Waals surface area (Å²) in [5, 5.41) is 3.93. The predicted molar refractivity (Wildman–Crippen MR) is 131 cm³/mol. The van der Waals surface area contributed by atoms with Gasteiger partial charge in [-0.15, -0.1) is 11.3 Å². The average Bonchev–Trinajstić information content (AvgIpc) is 3.22. The number of hydrogen-bond donors (Lipinski definition) is 1. The Morgan fingerprint density at radius 3 is 2.47 bits per heavy atom. The number of rotatable bonds is 8. The van der Waals surface area contributed by atoms with Crippen molar-refractivity contribution in [1.29, 1.82) is 0 Å². The van der Waals surface area contributed by atoms with Crippen LogP contribution >= 0.6 is 11.3 Å². The number of piperazine rings is 1. The van der Waals surface area contributed by atoms with Crippen molar-refractivity contribution in [3.8, 4) is 16.3 Å². The molecule has 7 heteroatoms. The normalized spacial score (nSPS) is 14.4. The van der Waals surface area contributed by atoms with Crippen molar-refractivity contribution in [3.63, 3.8) is 0 Å². The average molecular weight is 451 g/mol. The van der Waals surface area contributed by atoms with Gasteiger partial charge in [0.25, 0.3) is 5.91 Å².